The largest absolute Gasteiger partial charge is 0.493 e. The molecule has 1 aliphatic rings. The molecule has 0 atom stereocenters. The number of aromatic nitrogens is 3. The Labute approximate surface area is 194 Å². The summed E-state index contributed by atoms with van der Waals surface area (Å²) in [5.74, 6) is -1.54. The predicted octanol–water partition coefficient (Wildman–Crippen LogP) is 4.99. The van der Waals surface area contributed by atoms with Crippen molar-refractivity contribution in [3.63, 3.8) is 0 Å². The molecule has 1 N–H and O–H groups in total. The molecule has 0 saturated carbocycles. The molecule has 1 fully saturated rings. The third-order valence-corrected chi connectivity index (χ3v) is 6.02. The molecule has 2 aromatic heterocycles. The molecule has 9 heteroatoms. The molecule has 6 nitrogen and oxygen atoms in total. The molecule has 0 amide bonds. The normalized spacial score (nSPS) is 14.1. The van der Waals surface area contributed by atoms with Crippen LogP contribution in [0.15, 0.2) is 42.6 Å². The Kier molecular flexibility index (Phi) is 5.86. The molecule has 4 aromatic rings. The molecule has 2 aromatic carbocycles. The summed E-state index contributed by atoms with van der Waals surface area (Å²) in [6, 6.07) is 9.94. The molecule has 0 spiro atoms. The Morgan fingerprint density at radius 1 is 1.12 bits per heavy atom. The number of anilines is 1. The van der Waals surface area contributed by atoms with Crippen LogP contribution < -0.4 is 9.64 Å². The number of pyridine rings is 1. The third-order valence-electron chi connectivity index (χ3n) is 5.72. The van der Waals surface area contributed by atoms with E-state index < -0.39 is 11.6 Å². The number of halogens is 3. The zero-order chi connectivity index (χ0) is 22.9. The highest BCUT2D eigenvalue weighted by Gasteiger charge is 2.19. The maximum Gasteiger partial charge on any atom is 0.181 e. The second-order valence-electron chi connectivity index (χ2n) is 7.84. The lowest BCUT2D eigenvalue weighted by atomic mass is 10.0. The first kappa shape index (κ1) is 21.6. The van der Waals surface area contributed by atoms with Crippen LogP contribution in [-0.2, 0) is 11.2 Å². The third kappa shape index (κ3) is 4.24. The maximum absolute atomic E-state index is 14.2. The number of methoxy groups -OCH3 is 1. The van der Waals surface area contributed by atoms with Gasteiger partial charge in [0.25, 0.3) is 0 Å². The minimum atomic E-state index is -0.783. The first-order chi connectivity index (χ1) is 16.0. The number of morpholine rings is 1. The van der Waals surface area contributed by atoms with Crippen LogP contribution in [0.2, 0.25) is 5.02 Å². The van der Waals surface area contributed by atoms with E-state index in [2.05, 4.69) is 20.1 Å². The Hall–Kier alpha value is -3.23. The zero-order valence-corrected chi connectivity index (χ0v) is 18.6. The summed E-state index contributed by atoms with van der Waals surface area (Å²) in [5.41, 5.74) is 4.06. The second kappa shape index (κ2) is 8.96. The van der Waals surface area contributed by atoms with Crippen LogP contribution >= 0.6 is 11.6 Å². The number of nitrogens with one attached hydrogen (secondary N) is 1. The minimum Gasteiger partial charge on any atom is -0.493 e. The van der Waals surface area contributed by atoms with Gasteiger partial charge < -0.3 is 14.4 Å². The van der Waals surface area contributed by atoms with E-state index in [1.165, 1.54) is 13.2 Å². The van der Waals surface area contributed by atoms with E-state index in [1.807, 2.05) is 24.3 Å². The molecule has 0 bridgehead atoms. The fraction of sp³-hybridized carbons (Fsp3) is 0.250. The number of aromatic amines is 1. The van der Waals surface area contributed by atoms with Gasteiger partial charge in [0.05, 0.1) is 36.7 Å². The van der Waals surface area contributed by atoms with Crippen LogP contribution in [0.5, 0.6) is 5.75 Å². The fourth-order valence-corrected chi connectivity index (χ4v) is 4.48. The minimum absolute atomic E-state index is 0.0576. The van der Waals surface area contributed by atoms with Crippen LogP contribution in [0.1, 0.15) is 11.1 Å². The van der Waals surface area contributed by atoms with E-state index in [0.29, 0.717) is 41.4 Å². The van der Waals surface area contributed by atoms with Crippen LogP contribution in [0, 0.1) is 11.6 Å². The molecular formula is C24H21ClF2N4O2. The molecule has 170 valence electrons. The lowest BCUT2D eigenvalue weighted by molar-refractivity contribution is 0.122. The lowest BCUT2D eigenvalue weighted by Crippen LogP contribution is -2.36. The standard InChI is InChI=1S/C24H21ClF2N4O2/c1-32-23-17(11-16(26)12-20(23)27)22-18-9-15(13-28-24(18)30-29-22)8-14-2-3-21(19(25)10-14)31-4-6-33-7-5-31/h2-3,9-13H,4-8H2,1H3,(H,28,29,30). The summed E-state index contributed by atoms with van der Waals surface area (Å²) in [7, 11) is 1.34. The molecule has 3 heterocycles. The fourth-order valence-electron chi connectivity index (χ4n) is 4.16. The van der Waals surface area contributed by atoms with Crippen molar-refractivity contribution >= 4 is 28.3 Å². The van der Waals surface area contributed by atoms with Crippen molar-refractivity contribution in [2.75, 3.05) is 38.3 Å². The van der Waals surface area contributed by atoms with Gasteiger partial charge in [0.2, 0.25) is 0 Å². The Bertz CT molecular complexity index is 1320. The van der Waals surface area contributed by atoms with E-state index in [0.717, 1.165) is 36.0 Å². The van der Waals surface area contributed by atoms with E-state index >= 15 is 0 Å². The summed E-state index contributed by atoms with van der Waals surface area (Å²) in [5, 5.41) is 8.36. The summed E-state index contributed by atoms with van der Waals surface area (Å²) in [6.45, 7) is 3.01. The Morgan fingerprint density at radius 2 is 1.94 bits per heavy atom. The monoisotopic (exact) mass is 470 g/mol. The smallest absolute Gasteiger partial charge is 0.181 e. The van der Waals surface area contributed by atoms with Gasteiger partial charge in [-0.3, -0.25) is 5.10 Å². The van der Waals surface area contributed by atoms with Gasteiger partial charge in [-0.15, -0.1) is 0 Å². The van der Waals surface area contributed by atoms with Gasteiger partial charge in [0, 0.05) is 36.3 Å². The number of rotatable bonds is 5. The highest BCUT2D eigenvalue weighted by molar-refractivity contribution is 6.33. The van der Waals surface area contributed by atoms with Crippen LogP contribution in [0.25, 0.3) is 22.3 Å². The summed E-state index contributed by atoms with van der Waals surface area (Å²) >= 11 is 6.58. The van der Waals surface area contributed by atoms with Gasteiger partial charge in [0.15, 0.2) is 17.2 Å². The number of fused-ring (bicyclic) bond motifs is 1. The molecule has 1 aliphatic heterocycles. The summed E-state index contributed by atoms with van der Waals surface area (Å²) in [6.07, 6.45) is 2.32. The summed E-state index contributed by atoms with van der Waals surface area (Å²) < 4.78 is 38.8. The van der Waals surface area contributed by atoms with Crippen molar-refractivity contribution in [2.24, 2.45) is 0 Å². The van der Waals surface area contributed by atoms with Crippen molar-refractivity contribution in [3.05, 3.63) is 70.4 Å². The highest BCUT2D eigenvalue weighted by atomic mass is 35.5. The molecule has 0 radical (unpaired) electrons. The Balaban J connectivity index is 1.47. The average molecular weight is 471 g/mol. The van der Waals surface area contributed by atoms with Crippen molar-refractivity contribution < 1.29 is 18.3 Å². The van der Waals surface area contributed by atoms with Crippen molar-refractivity contribution in [1.29, 1.82) is 0 Å². The predicted molar refractivity (Wildman–Crippen MR) is 123 cm³/mol. The molecule has 5 rings (SSSR count). The van der Waals surface area contributed by atoms with Gasteiger partial charge >= 0.3 is 0 Å². The van der Waals surface area contributed by atoms with Crippen molar-refractivity contribution in [3.8, 4) is 17.0 Å². The van der Waals surface area contributed by atoms with E-state index in [4.69, 9.17) is 21.1 Å². The van der Waals surface area contributed by atoms with Gasteiger partial charge in [-0.1, -0.05) is 17.7 Å². The number of nitrogens with zero attached hydrogens (tertiary/aromatic N) is 3. The maximum atomic E-state index is 14.2. The van der Waals surface area contributed by atoms with Gasteiger partial charge in [-0.2, -0.15) is 5.10 Å². The van der Waals surface area contributed by atoms with E-state index in [1.54, 1.807) is 6.20 Å². The summed E-state index contributed by atoms with van der Waals surface area (Å²) in [4.78, 5) is 6.63. The number of hydrogen-bond donors (Lipinski definition) is 1. The molecule has 0 aliphatic carbocycles. The number of benzene rings is 2. The first-order valence-electron chi connectivity index (χ1n) is 10.5. The lowest BCUT2D eigenvalue weighted by Gasteiger charge is -2.29. The zero-order valence-electron chi connectivity index (χ0n) is 17.9. The van der Waals surface area contributed by atoms with Gasteiger partial charge in [0.1, 0.15) is 5.82 Å². The van der Waals surface area contributed by atoms with Gasteiger partial charge in [-0.05, 0) is 41.8 Å². The number of ether oxygens (including phenoxy) is 2. The average Bonchev–Trinajstić information content (AvgIpc) is 3.22. The number of hydrogen-bond acceptors (Lipinski definition) is 5. The van der Waals surface area contributed by atoms with Crippen LogP contribution in [0.4, 0.5) is 14.5 Å². The van der Waals surface area contributed by atoms with Gasteiger partial charge in [-0.25, -0.2) is 13.8 Å². The van der Waals surface area contributed by atoms with Crippen molar-refractivity contribution in [1.82, 2.24) is 15.2 Å². The van der Waals surface area contributed by atoms with E-state index in [9.17, 15) is 8.78 Å². The Morgan fingerprint density at radius 3 is 2.70 bits per heavy atom. The molecular weight excluding hydrogens is 450 g/mol. The highest BCUT2D eigenvalue weighted by Crippen LogP contribution is 2.36. The molecule has 33 heavy (non-hydrogen) atoms. The first-order valence-corrected chi connectivity index (χ1v) is 10.9. The van der Waals surface area contributed by atoms with E-state index in [-0.39, 0.29) is 11.3 Å². The van der Waals surface area contributed by atoms with Crippen molar-refractivity contribution in [2.45, 2.75) is 6.42 Å². The van der Waals surface area contributed by atoms with Crippen LogP contribution in [0.3, 0.4) is 0 Å². The molecule has 1 saturated heterocycles. The second-order valence-corrected chi connectivity index (χ2v) is 8.25. The SMILES string of the molecule is COc1c(F)cc(F)cc1-c1[nH]nc2ncc(Cc3ccc(N4CCOCC4)c(Cl)c3)cc12. The molecule has 0 unspecified atom stereocenters. The topological polar surface area (TPSA) is 63.3 Å². The number of H-pyrrole nitrogens is 1. The quantitative estimate of drug-likeness (QED) is 0.445. The van der Waals surface area contributed by atoms with Crippen LogP contribution in [-0.4, -0.2) is 48.6 Å².